The van der Waals surface area contributed by atoms with E-state index in [1.165, 1.54) is 4.90 Å². The standard InChI is InChI=1S/C28H27F8NO5S2/c1-16-15-25(44(41,42)21-6-4-20(29)5-7-21)22-8-3-19(26(30,27(31,32)33)28(34,35)36)14-18(22)2-9-23(25)37(16)24(38)17-10-12-43(39,40)13-11-17/h3-8,14,16-17,23H,2,9-13,15H2,1H3/t16-,23?,25?/m0/s1. The highest BCUT2D eigenvalue weighted by molar-refractivity contribution is 7.92. The lowest BCUT2D eigenvalue weighted by atomic mass is 9.76. The highest BCUT2D eigenvalue weighted by atomic mass is 32.2. The van der Waals surface area contributed by atoms with Crippen LogP contribution >= 0.6 is 0 Å². The number of likely N-dealkylation sites (tertiary alicyclic amines) is 1. The van der Waals surface area contributed by atoms with Crippen molar-refractivity contribution in [2.45, 2.75) is 78.8 Å². The molecule has 3 aliphatic rings. The Morgan fingerprint density at radius 2 is 1.48 bits per heavy atom. The zero-order chi connectivity index (χ0) is 32.7. The maximum absolute atomic E-state index is 15.0. The Bertz CT molecular complexity index is 1660. The summed E-state index contributed by atoms with van der Waals surface area (Å²) in [5, 5.41) is 0. The molecule has 2 aliphatic heterocycles. The monoisotopic (exact) mass is 673 g/mol. The predicted molar refractivity (Wildman–Crippen MR) is 141 cm³/mol. The number of amides is 1. The average Bonchev–Trinajstić information content (AvgIpc) is 3.24. The zero-order valence-corrected chi connectivity index (χ0v) is 24.7. The first kappa shape index (κ1) is 32.6. The number of halogens is 8. The molecule has 0 N–H and O–H groups in total. The van der Waals surface area contributed by atoms with Gasteiger partial charge in [0.25, 0.3) is 0 Å². The van der Waals surface area contributed by atoms with Crippen molar-refractivity contribution < 1.29 is 56.8 Å². The minimum absolute atomic E-state index is 0.00222. The van der Waals surface area contributed by atoms with Gasteiger partial charge in [-0.25, -0.2) is 25.6 Å². The van der Waals surface area contributed by atoms with E-state index in [2.05, 4.69) is 0 Å². The van der Waals surface area contributed by atoms with Crippen LogP contribution in [0.4, 0.5) is 35.1 Å². The van der Waals surface area contributed by atoms with Crippen molar-refractivity contribution in [1.82, 2.24) is 4.90 Å². The summed E-state index contributed by atoms with van der Waals surface area (Å²) in [5.74, 6) is -2.52. The number of aryl methyl sites for hydroxylation is 1. The minimum atomic E-state index is -6.38. The molecule has 6 nitrogen and oxygen atoms in total. The third kappa shape index (κ3) is 4.81. The lowest BCUT2D eigenvalue weighted by Crippen LogP contribution is -2.54. The molecule has 0 saturated carbocycles. The van der Waals surface area contributed by atoms with Crippen molar-refractivity contribution in [3.05, 3.63) is 65.0 Å². The number of hydrogen-bond acceptors (Lipinski definition) is 5. The normalized spacial score (nSPS) is 26.2. The Kier molecular flexibility index (Phi) is 7.71. The van der Waals surface area contributed by atoms with Crippen LogP contribution in [-0.4, -0.2) is 63.6 Å². The molecule has 44 heavy (non-hydrogen) atoms. The van der Waals surface area contributed by atoms with Crippen molar-refractivity contribution in [3.63, 3.8) is 0 Å². The number of nitrogens with zero attached hydrogens (tertiary/aromatic N) is 1. The summed E-state index contributed by atoms with van der Waals surface area (Å²) in [6, 6.07) is 3.13. The van der Waals surface area contributed by atoms with Crippen LogP contribution in [0.5, 0.6) is 0 Å². The Hall–Kier alpha value is -2.75. The molecule has 0 radical (unpaired) electrons. The van der Waals surface area contributed by atoms with Gasteiger partial charge in [-0.1, -0.05) is 18.2 Å². The summed E-state index contributed by atoms with van der Waals surface area (Å²) in [7, 11) is -7.99. The molecular formula is C28H27F8NO5S2. The number of carbonyl (C=O) groups excluding carboxylic acids is 1. The van der Waals surface area contributed by atoms with Crippen LogP contribution in [0.3, 0.4) is 0 Å². The summed E-state index contributed by atoms with van der Waals surface area (Å²) in [4.78, 5) is 14.8. The van der Waals surface area contributed by atoms with Crippen molar-refractivity contribution in [2.24, 2.45) is 5.92 Å². The molecule has 16 heteroatoms. The lowest BCUT2D eigenvalue weighted by Gasteiger charge is -2.44. The molecule has 0 bridgehead atoms. The van der Waals surface area contributed by atoms with Gasteiger partial charge >= 0.3 is 18.0 Å². The summed E-state index contributed by atoms with van der Waals surface area (Å²) < 4.78 is 161. The number of rotatable bonds is 4. The van der Waals surface area contributed by atoms with Crippen LogP contribution in [0.25, 0.3) is 0 Å². The van der Waals surface area contributed by atoms with Gasteiger partial charge in [-0.05, 0) is 74.4 Å². The highest BCUT2D eigenvalue weighted by Gasteiger charge is 2.74. The van der Waals surface area contributed by atoms with E-state index in [1.54, 1.807) is 6.92 Å². The van der Waals surface area contributed by atoms with E-state index in [1.807, 2.05) is 0 Å². The molecule has 242 valence electrons. The largest absolute Gasteiger partial charge is 0.435 e. The summed E-state index contributed by atoms with van der Waals surface area (Å²) in [6.45, 7) is 1.55. The molecule has 3 atom stereocenters. The molecule has 2 fully saturated rings. The fourth-order valence-electron chi connectivity index (χ4n) is 7.05. The van der Waals surface area contributed by atoms with Crippen LogP contribution in [0.15, 0.2) is 47.4 Å². The fourth-order valence-corrected chi connectivity index (χ4v) is 11.0. The second-order valence-electron chi connectivity index (χ2n) is 11.7. The predicted octanol–water partition coefficient (Wildman–Crippen LogP) is 5.54. The van der Waals surface area contributed by atoms with Crippen molar-refractivity contribution in [3.8, 4) is 0 Å². The minimum Gasteiger partial charge on any atom is -0.335 e. The topological polar surface area (TPSA) is 88.6 Å². The summed E-state index contributed by atoms with van der Waals surface area (Å²) in [6.07, 6.45) is -13.6. The average molecular weight is 674 g/mol. The number of alkyl halides is 7. The quantitative estimate of drug-likeness (QED) is 0.314. The maximum Gasteiger partial charge on any atom is 0.435 e. The molecule has 2 aromatic carbocycles. The fraction of sp³-hybridized carbons (Fsp3) is 0.536. The van der Waals surface area contributed by atoms with Crippen LogP contribution < -0.4 is 0 Å². The van der Waals surface area contributed by atoms with Gasteiger partial charge in [-0.15, -0.1) is 0 Å². The molecule has 5 rings (SSSR count). The van der Waals surface area contributed by atoms with Crippen molar-refractivity contribution in [1.29, 1.82) is 0 Å². The van der Waals surface area contributed by atoms with Gasteiger partial charge in [0.2, 0.25) is 5.91 Å². The van der Waals surface area contributed by atoms with Crippen molar-refractivity contribution in [2.75, 3.05) is 11.5 Å². The smallest absolute Gasteiger partial charge is 0.335 e. The Morgan fingerprint density at radius 3 is 2.02 bits per heavy atom. The van der Waals surface area contributed by atoms with Gasteiger partial charge in [-0.3, -0.25) is 4.79 Å². The van der Waals surface area contributed by atoms with Crippen LogP contribution in [0, 0.1) is 11.7 Å². The number of fused-ring (bicyclic) bond motifs is 3. The second kappa shape index (κ2) is 10.4. The maximum atomic E-state index is 15.0. The van der Waals surface area contributed by atoms with E-state index >= 15 is 0 Å². The number of hydrogen-bond donors (Lipinski definition) is 0. The highest BCUT2D eigenvalue weighted by Crippen LogP contribution is 2.58. The summed E-state index contributed by atoms with van der Waals surface area (Å²) >= 11 is 0. The first-order valence-corrected chi connectivity index (χ1v) is 17.0. The van der Waals surface area contributed by atoms with Gasteiger partial charge in [0, 0.05) is 17.5 Å². The third-order valence-electron chi connectivity index (χ3n) is 9.14. The van der Waals surface area contributed by atoms with Gasteiger partial charge in [0.15, 0.2) is 9.84 Å². The van der Waals surface area contributed by atoms with Crippen molar-refractivity contribution >= 4 is 25.6 Å². The van der Waals surface area contributed by atoms with Gasteiger partial charge in [-0.2, -0.15) is 26.3 Å². The molecule has 2 aromatic rings. The first-order chi connectivity index (χ1) is 20.2. The van der Waals surface area contributed by atoms with E-state index in [-0.39, 0.29) is 60.8 Å². The van der Waals surface area contributed by atoms with E-state index in [0.717, 1.165) is 30.3 Å². The Balaban J connectivity index is 1.69. The van der Waals surface area contributed by atoms with E-state index < -0.39 is 82.6 Å². The molecule has 2 heterocycles. The second-order valence-corrected chi connectivity index (χ2v) is 16.2. The van der Waals surface area contributed by atoms with Gasteiger partial charge in [0.1, 0.15) is 20.4 Å². The zero-order valence-electron chi connectivity index (χ0n) is 23.1. The summed E-state index contributed by atoms with van der Waals surface area (Å²) in [5.41, 5.74) is -7.93. The SMILES string of the molecule is C[C@H]1CC2(S(=O)(=O)c3ccc(F)cc3)c3ccc(C(F)(C(F)(F)F)C(F)(F)F)cc3CCC2N1C(=O)C1CCS(=O)(=O)CC1. The molecule has 1 amide bonds. The lowest BCUT2D eigenvalue weighted by molar-refractivity contribution is -0.348. The number of benzene rings is 2. The molecule has 1 aliphatic carbocycles. The van der Waals surface area contributed by atoms with Gasteiger partial charge in [0.05, 0.1) is 22.4 Å². The Labute approximate surface area is 248 Å². The van der Waals surface area contributed by atoms with E-state index in [9.17, 15) is 56.8 Å². The number of carbonyl (C=O) groups is 1. The van der Waals surface area contributed by atoms with Gasteiger partial charge < -0.3 is 4.90 Å². The first-order valence-electron chi connectivity index (χ1n) is 13.7. The molecular weight excluding hydrogens is 646 g/mol. The van der Waals surface area contributed by atoms with E-state index in [0.29, 0.717) is 6.07 Å². The molecule has 0 spiro atoms. The van der Waals surface area contributed by atoms with Crippen LogP contribution in [-0.2, 0) is 41.3 Å². The molecule has 2 unspecified atom stereocenters. The van der Waals surface area contributed by atoms with E-state index in [4.69, 9.17) is 0 Å². The Morgan fingerprint density at radius 1 is 0.909 bits per heavy atom. The molecule has 2 saturated heterocycles. The van der Waals surface area contributed by atoms with Crippen LogP contribution in [0.2, 0.25) is 0 Å². The van der Waals surface area contributed by atoms with Crippen LogP contribution in [0.1, 0.15) is 49.3 Å². The third-order valence-corrected chi connectivity index (χ3v) is 13.4. The molecule has 0 aromatic heterocycles. The number of sulfone groups is 2.